The largest absolute Gasteiger partial charge is 0.508 e. The Balaban J connectivity index is 0.000000583. The van der Waals surface area contributed by atoms with Crippen molar-refractivity contribution in [2.75, 3.05) is 7.11 Å². The van der Waals surface area contributed by atoms with E-state index < -0.39 is 5.97 Å². The number of rotatable bonds is 1. The number of phenolic OH excluding ortho intramolecular Hbond substituents is 1. The highest BCUT2D eigenvalue weighted by Crippen LogP contribution is 2.17. The molecule has 0 aromatic heterocycles. The van der Waals surface area contributed by atoms with Crippen LogP contribution in [0.5, 0.6) is 5.75 Å². The summed E-state index contributed by atoms with van der Waals surface area (Å²) in [5.41, 5.74) is 1.12. The van der Waals surface area contributed by atoms with Crippen LogP contribution in [0.1, 0.15) is 36.2 Å². The molecule has 3 heteroatoms. The second-order valence-electron chi connectivity index (χ2n) is 3.20. The van der Waals surface area contributed by atoms with Crippen LogP contribution in [0.3, 0.4) is 0 Å². The van der Waals surface area contributed by atoms with Gasteiger partial charge in [0.25, 0.3) is 0 Å². The number of benzene rings is 1. The molecule has 0 heterocycles. The first-order valence-electron chi connectivity index (χ1n) is 4.94. The Morgan fingerprint density at radius 1 is 1.40 bits per heavy atom. The Morgan fingerprint density at radius 3 is 2.33 bits per heavy atom. The van der Waals surface area contributed by atoms with Crippen molar-refractivity contribution in [2.45, 2.75) is 27.2 Å². The monoisotopic (exact) mass is 210 g/mol. The summed E-state index contributed by atoms with van der Waals surface area (Å²) in [5, 5.41) is 9.15. The van der Waals surface area contributed by atoms with Gasteiger partial charge in [0.2, 0.25) is 0 Å². The second kappa shape index (κ2) is 6.87. The molecule has 0 atom stereocenters. The number of aryl methyl sites for hydroxylation is 1. The van der Waals surface area contributed by atoms with Crippen molar-refractivity contribution in [2.24, 2.45) is 0 Å². The van der Waals surface area contributed by atoms with Crippen molar-refractivity contribution >= 4 is 5.97 Å². The summed E-state index contributed by atoms with van der Waals surface area (Å²) in [6, 6.07) is 4.58. The van der Waals surface area contributed by atoms with Crippen LogP contribution in [0.2, 0.25) is 0 Å². The molecular formula is C12H18O3. The molecule has 0 aliphatic heterocycles. The van der Waals surface area contributed by atoms with Crippen LogP contribution in [0.4, 0.5) is 0 Å². The van der Waals surface area contributed by atoms with Gasteiger partial charge in [-0.05, 0) is 30.7 Å². The van der Waals surface area contributed by atoms with Gasteiger partial charge in [0.05, 0.1) is 12.7 Å². The fraction of sp³-hybridized carbons (Fsp3) is 0.417. The summed E-state index contributed by atoms with van der Waals surface area (Å²) in [6.45, 7) is 5.97. The highest BCUT2D eigenvalue weighted by Gasteiger charge is 2.05. The Bertz CT molecular complexity index is 319. The summed E-state index contributed by atoms with van der Waals surface area (Å²) in [5.74, 6) is -0.208. The van der Waals surface area contributed by atoms with Gasteiger partial charge in [0.1, 0.15) is 5.75 Å². The summed E-state index contributed by atoms with van der Waals surface area (Å²) in [7, 11) is 1.32. The molecule has 0 radical (unpaired) electrons. The lowest BCUT2D eigenvalue weighted by Crippen LogP contribution is -2.00. The topological polar surface area (TPSA) is 46.5 Å². The molecule has 0 bridgehead atoms. The Morgan fingerprint density at radius 2 is 1.93 bits per heavy atom. The molecule has 3 nitrogen and oxygen atoms in total. The molecule has 15 heavy (non-hydrogen) atoms. The minimum Gasteiger partial charge on any atom is -0.508 e. The SMILES string of the molecule is CCC.COC(=O)c1ccc(O)c(C)c1. The Labute approximate surface area is 90.7 Å². The van der Waals surface area contributed by atoms with Crippen LogP contribution in [-0.2, 0) is 4.74 Å². The summed E-state index contributed by atoms with van der Waals surface area (Å²) in [6.07, 6.45) is 1.25. The van der Waals surface area contributed by atoms with Crippen LogP contribution in [0.15, 0.2) is 18.2 Å². The molecule has 1 N–H and O–H groups in total. The molecule has 0 aliphatic rings. The minimum absolute atomic E-state index is 0.183. The molecule has 0 saturated carbocycles. The van der Waals surface area contributed by atoms with Crippen LogP contribution >= 0.6 is 0 Å². The number of carbonyl (C=O) groups excluding carboxylic acids is 1. The maximum Gasteiger partial charge on any atom is 0.337 e. The smallest absolute Gasteiger partial charge is 0.337 e. The van der Waals surface area contributed by atoms with Gasteiger partial charge in [0.15, 0.2) is 0 Å². The van der Waals surface area contributed by atoms with Crippen LogP contribution in [-0.4, -0.2) is 18.2 Å². The van der Waals surface area contributed by atoms with E-state index in [9.17, 15) is 4.79 Å². The van der Waals surface area contributed by atoms with E-state index in [4.69, 9.17) is 5.11 Å². The lowest BCUT2D eigenvalue weighted by Gasteiger charge is -2.01. The molecule has 1 aromatic rings. The van der Waals surface area contributed by atoms with Gasteiger partial charge < -0.3 is 9.84 Å². The fourth-order valence-corrected chi connectivity index (χ4v) is 0.900. The number of esters is 1. The minimum atomic E-state index is -0.391. The van der Waals surface area contributed by atoms with Crippen molar-refractivity contribution in [3.63, 3.8) is 0 Å². The van der Waals surface area contributed by atoms with E-state index in [1.54, 1.807) is 13.0 Å². The normalized spacial score (nSPS) is 8.80. The summed E-state index contributed by atoms with van der Waals surface area (Å²) < 4.78 is 4.51. The molecule has 0 unspecified atom stereocenters. The maximum atomic E-state index is 11.0. The molecule has 0 amide bonds. The summed E-state index contributed by atoms with van der Waals surface area (Å²) >= 11 is 0. The third kappa shape index (κ3) is 4.49. The zero-order valence-electron chi connectivity index (χ0n) is 9.70. The van der Waals surface area contributed by atoms with E-state index in [0.29, 0.717) is 11.1 Å². The fourth-order valence-electron chi connectivity index (χ4n) is 0.900. The molecule has 0 saturated heterocycles. The maximum absolute atomic E-state index is 11.0. The first kappa shape index (κ1) is 13.5. The summed E-state index contributed by atoms with van der Waals surface area (Å²) in [4.78, 5) is 11.0. The van der Waals surface area contributed by atoms with Crippen molar-refractivity contribution in [1.82, 2.24) is 0 Å². The molecular weight excluding hydrogens is 192 g/mol. The van der Waals surface area contributed by atoms with E-state index in [-0.39, 0.29) is 5.75 Å². The van der Waals surface area contributed by atoms with Crippen LogP contribution < -0.4 is 0 Å². The number of ether oxygens (including phenoxy) is 1. The van der Waals surface area contributed by atoms with Crippen molar-refractivity contribution < 1.29 is 14.6 Å². The molecule has 1 rings (SSSR count). The van der Waals surface area contributed by atoms with Crippen LogP contribution in [0.25, 0.3) is 0 Å². The van der Waals surface area contributed by atoms with Gasteiger partial charge in [-0.2, -0.15) is 0 Å². The van der Waals surface area contributed by atoms with Gasteiger partial charge in [0, 0.05) is 0 Å². The lowest BCUT2D eigenvalue weighted by atomic mass is 10.1. The van der Waals surface area contributed by atoms with Gasteiger partial charge in [-0.15, -0.1) is 0 Å². The second-order valence-corrected chi connectivity index (χ2v) is 3.20. The highest BCUT2D eigenvalue weighted by atomic mass is 16.5. The number of hydrogen-bond acceptors (Lipinski definition) is 3. The van der Waals surface area contributed by atoms with E-state index in [0.717, 1.165) is 0 Å². The number of aromatic hydroxyl groups is 1. The number of hydrogen-bond donors (Lipinski definition) is 1. The Kier molecular flexibility index (Phi) is 6.18. The zero-order valence-corrected chi connectivity index (χ0v) is 9.70. The van der Waals surface area contributed by atoms with Gasteiger partial charge in [-0.3, -0.25) is 0 Å². The average Bonchev–Trinajstić information content (AvgIpc) is 2.22. The van der Waals surface area contributed by atoms with Crippen molar-refractivity contribution in [3.8, 4) is 5.75 Å². The predicted molar refractivity (Wildman–Crippen MR) is 60.1 cm³/mol. The first-order chi connectivity index (χ1) is 7.06. The highest BCUT2D eigenvalue weighted by molar-refractivity contribution is 5.89. The first-order valence-corrected chi connectivity index (χ1v) is 4.94. The van der Waals surface area contributed by atoms with Crippen molar-refractivity contribution in [3.05, 3.63) is 29.3 Å². The number of phenols is 1. The number of methoxy groups -OCH3 is 1. The lowest BCUT2D eigenvalue weighted by molar-refractivity contribution is 0.0600. The van der Waals surface area contributed by atoms with E-state index in [2.05, 4.69) is 18.6 Å². The molecule has 0 spiro atoms. The van der Waals surface area contributed by atoms with E-state index in [1.807, 2.05) is 0 Å². The predicted octanol–water partition coefficient (Wildman–Crippen LogP) is 2.90. The zero-order chi connectivity index (χ0) is 11.8. The third-order valence-corrected chi connectivity index (χ3v) is 1.62. The van der Waals surface area contributed by atoms with Crippen molar-refractivity contribution in [1.29, 1.82) is 0 Å². The Hall–Kier alpha value is -1.51. The quantitative estimate of drug-likeness (QED) is 0.725. The standard InChI is InChI=1S/C9H10O3.C3H8/c1-6-5-7(9(11)12-2)3-4-8(6)10;1-3-2/h3-5,10H,1-2H3;3H2,1-2H3. The molecule has 1 aromatic carbocycles. The van der Waals surface area contributed by atoms with Gasteiger partial charge in [-0.1, -0.05) is 20.3 Å². The molecule has 84 valence electrons. The molecule has 0 aliphatic carbocycles. The number of carbonyl (C=O) groups is 1. The third-order valence-electron chi connectivity index (χ3n) is 1.62. The van der Waals surface area contributed by atoms with Gasteiger partial charge >= 0.3 is 5.97 Å². The molecule has 0 fully saturated rings. The van der Waals surface area contributed by atoms with E-state index >= 15 is 0 Å². The average molecular weight is 210 g/mol. The van der Waals surface area contributed by atoms with Gasteiger partial charge in [-0.25, -0.2) is 4.79 Å². The van der Waals surface area contributed by atoms with Crippen LogP contribution in [0, 0.1) is 6.92 Å². The van der Waals surface area contributed by atoms with E-state index in [1.165, 1.54) is 25.7 Å².